The highest BCUT2D eigenvalue weighted by atomic mass is 32.2. The van der Waals surface area contributed by atoms with Gasteiger partial charge in [-0.3, -0.25) is 19.7 Å². The maximum Gasteiger partial charge on any atom is 0.269 e. The number of hydrogen-bond acceptors (Lipinski definition) is 6. The van der Waals surface area contributed by atoms with Gasteiger partial charge in [-0.2, -0.15) is 4.31 Å². The van der Waals surface area contributed by atoms with Crippen LogP contribution in [-0.4, -0.2) is 41.9 Å². The van der Waals surface area contributed by atoms with Crippen molar-refractivity contribution in [2.24, 2.45) is 0 Å². The van der Waals surface area contributed by atoms with Crippen LogP contribution in [0.5, 0.6) is 0 Å². The molecule has 2 aromatic rings. The number of Topliss-reactive ketones (excluding diaryl/α,β-unsaturated/α-hetero) is 1. The van der Waals surface area contributed by atoms with Crippen molar-refractivity contribution in [1.29, 1.82) is 0 Å². The molecule has 30 heavy (non-hydrogen) atoms. The molecule has 0 bridgehead atoms. The monoisotopic (exact) mass is 431 g/mol. The van der Waals surface area contributed by atoms with Gasteiger partial charge in [0, 0.05) is 24.2 Å². The van der Waals surface area contributed by atoms with Crippen molar-refractivity contribution in [3.63, 3.8) is 0 Å². The van der Waals surface area contributed by atoms with Gasteiger partial charge in [0.15, 0.2) is 5.78 Å². The Morgan fingerprint density at radius 3 is 2.40 bits per heavy atom. The number of amides is 1. The van der Waals surface area contributed by atoms with E-state index in [0.717, 1.165) is 16.4 Å². The summed E-state index contributed by atoms with van der Waals surface area (Å²) >= 11 is 0. The lowest BCUT2D eigenvalue weighted by Crippen LogP contribution is -2.49. The number of ketones is 1. The number of nitro benzene ring substituents is 1. The van der Waals surface area contributed by atoms with Crippen LogP contribution in [0.15, 0.2) is 53.4 Å². The molecule has 1 aliphatic rings. The Morgan fingerprint density at radius 1 is 1.10 bits per heavy atom. The number of benzene rings is 2. The molecule has 158 valence electrons. The van der Waals surface area contributed by atoms with Gasteiger partial charge in [0.1, 0.15) is 6.04 Å². The van der Waals surface area contributed by atoms with Gasteiger partial charge >= 0.3 is 0 Å². The van der Waals surface area contributed by atoms with Crippen molar-refractivity contribution >= 4 is 33.1 Å². The smallest absolute Gasteiger partial charge is 0.269 e. The highest BCUT2D eigenvalue weighted by Crippen LogP contribution is 2.28. The van der Waals surface area contributed by atoms with Crippen LogP contribution in [0, 0.1) is 10.1 Å². The third kappa shape index (κ3) is 4.39. The number of nitro groups is 1. The number of para-hydroxylation sites is 1. The number of piperidine rings is 1. The van der Waals surface area contributed by atoms with E-state index < -0.39 is 26.9 Å². The van der Waals surface area contributed by atoms with Crippen LogP contribution in [0.25, 0.3) is 0 Å². The second-order valence-electron chi connectivity index (χ2n) is 6.97. The quantitative estimate of drug-likeness (QED) is 0.426. The van der Waals surface area contributed by atoms with E-state index in [0.29, 0.717) is 30.5 Å². The summed E-state index contributed by atoms with van der Waals surface area (Å²) in [5.74, 6) is -0.737. The number of sulfonamides is 1. The molecule has 3 rings (SSSR count). The summed E-state index contributed by atoms with van der Waals surface area (Å²) in [6.45, 7) is 1.54. The minimum atomic E-state index is -4.03. The third-order valence-electron chi connectivity index (χ3n) is 4.97. The van der Waals surface area contributed by atoms with Crippen molar-refractivity contribution in [2.75, 3.05) is 11.9 Å². The van der Waals surface area contributed by atoms with Gasteiger partial charge in [-0.25, -0.2) is 8.42 Å². The van der Waals surface area contributed by atoms with Crippen molar-refractivity contribution in [3.05, 3.63) is 64.2 Å². The van der Waals surface area contributed by atoms with E-state index in [2.05, 4.69) is 5.32 Å². The molecule has 10 heteroatoms. The molecule has 0 saturated carbocycles. The predicted octanol–water partition coefficient (Wildman–Crippen LogP) is 2.98. The first kappa shape index (κ1) is 21.6. The zero-order valence-electron chi connectivity index (χ0n) is 16.3. The van der Waals surface area contributed by atoms with Crippen LogP contribution < -0.4 is 5.32 Å². The summed E-state index contributed by atoms with van der Waals surface area (Å²) in [6.07, 6.45) is 1.61. The largest absolute Gasteiger partial charge is 0.324 e. The first-order chi connectivity index (χ1) is 14.2. The molecule has 9 nitrogen and oxygen atoms in total. The van der Waals surface area contributed by atoms with E-state index in [-0.39, 0.29) is 22.9 Å². The Morgan fingerprint density at radius 2 is 1.77 bits per heavy atom. The molecule has 0 aromatic heterocycles. The molecule has 1 amide bonds. The minimum Gasteiger partial charge on any atom is -0.324 e. The van der Waals surface area contributed by atoms with Crippen LogP contribution in [0.4, 0.5) is 11.4 Å². The minimum absolute atomic E-state index is 0.114. The van der Waals surface area contributed by atoms with Gasteiger partial charge in [0.25, 0.3) is 5.69 Å². The zero-order chi connectivity index (χ0) is 21.9. The SMILES string of the molecule is CC(=O)c1ccccc1NC(=O)[C@@H]1CCCCN1S(=O)(=O)c1ccc([N+](=O)[O-])cc1. The van der Waals surface area contributed by atoms with E-state index in [1.807, 2.05) is 0 Å². The number of carbonyl (C=O) groups is 2. The van der Waals surface area contributed by atoms with Crippen molar-refractivity contribution in [1.82, 2.24) is 4.31 Å². The predicted molar refractivity (Wildman–Crippen MR) is 110 cm³/mol. The molecule has 1 fully saturated rings. The van der Waals surface area contributed by atoms with Gasteiger partial charge in [-0.15, -0.1) is 0 Å². The second kappa shape index (κ2) is 8.72. The van der Waals surface area contributed by atoms with Gasteiger partial charge in [0.05, 0.1) is 15.5 Å². The standard InChI is InChI=1S/C20H21N3O6S/c1-14(24)17-6-2-3-7-18(17)21-20(25)19-8-4-5-13-22(19)30(28,29)16-11-9-15(10-12-16)23(26)27/h2-3,6-7,9-12,19H,4-5,8,13H2,1H3,(H,21,25)/t19-/m0/s1. The molecular weight excluding hydrogens is 410 g/mol. The molecule has 2 aromatic carbocycles. The number of nitrogens with zero attached hydrogens (tertiary/aromatic N) is 2. The molecule has 1 N–H and O–H groups in total. The number of non-ortho nitro benzene ring substituents is 1. The van der Waals surface area contributed by atoms with E-state index >= 15 is 0 Å². The van der Waals surface area contributed by atoms with Gasteiger partial charge in [-0.1, -0.05) is 18.6 Å². The lowest BCUT2D eigenvalue weighted by Gasteiger charge is -2.33. The van der Waals surface area contributed by atoms with Crippen LogP contribution in [-0.2, 0) is 14.8 Å². The van der Waals surface area contributed by atoms with Crippen LogP contribution in [0.3, 0.4) is 0 Å². The molecule has 1 saturated heterocycles. The molecule has 0 unspecified atom stereocenters. The Hall–Kier alpha value is -3.11. The fraction of sp³-hybridized carbons (Fsp3) is 0.300. The second-order valence-corrected chi connectivity index (χ2v) is 8.86. The summed E-state index contributed by atoms with van der Waals surface area (Å²) in [5, 5.41) is 13.5. The van der Waals surface area contributed by atoms with E-state index in [9.17, 15) is 28.1 Å². The zero-order valence-corrected chi connectivity index (χ0v) is 17.1. The van der Waals surface area contributed by atoms with Gasteiger partial charge < -0.3 is 5.32 Å². The Bertz CT molecular complexity index is 1080. The van der Waals surface area contributed by atoms with Crippen molar-refractivity contribution in [3.8, 4) is 0 Å². The highest BCUT2D eigenvalue weighted by molar-refractivity contribution is 7.89. The lowest BCUT2D eigenvalue weighted by molar-refractivity contribution is -0.384. The van der Waals surface area contributed by atoms with Crippen LogP contribution >= 0.6 is 0 Å². The van der Waals surface area contributed by atoms with Gasteiger partial charge in [-0.05, 0) is 44.0 Å². The number of carbonyl (C=O) groups excluding carboxylic acids is 2. The molecule has 0 radical (unpaired) electrons. The maximum atomic E-state index is 13.1. The highest BCUT2D eigenvalue weighted by Gasteiger charge is 2.38. The molecule has 1 aliphatic heterocycles. The van der Waals surface area contributed by atoms with E-state index in [1.54, 1.807) is 24.3 Å². The topological polar surface area (TPSA) is 127 Å². The Labute approximate surface area is 173 Å². The summed E-state index contributed by atoms with van der Waals surface area (Å²) in [4.78, 5) is 34.9. The normalized spacial score (nSPS) is 17.3. The van der Waals surface area contributed by atoms with Gasteiger partial charge in [0.2, 0.25) is 15.9 Å². The fourth-order valence-corrected chi connectivity index (χ4v) is 5.10. The average Bonchev–Trinajstić information content (AvgIpc) is 2.74. The fourth-order valence-electron chi connectivity index (χ4n) is 3.45. The summed E-state index contributed by atoms with van der Waals surface area (Å²) in [7, 11) is -4.03. The first-order valence-electron chi connectivity index (χ1n) is 9.39. The third-order valence-corrected chi connectivity index (χ3v) is 6.90. The van der Waals surface area contributed by atoms with Crippen molar-refractivity contribution < 1.29 is 22.9 Å². The summed E-state index contributed by atoms with van der Waals surface area (Å²) in [6, 6.07) is 10.2. The number of nitrogens with one attached hydrogen (secondary N) is 1. The van der Waals surface area contributed by atoms with Crippen molar-refractivity contribution in [2.45, 2.75) is 37.1 Å². The number of hydrogen-bond donors (Lipinski definition) is 1. The Balaban J connectivity index is 1.88. The summed E-state index contributed by atoms with van der Waals surface area (Å²) < 4.78 is 27.4. The molecule has 1 heterocycles. The molecular formula is C20H21N3O6S. The Kier molecular flexibility index (Phi) is 6.28. The number of rotatable bonds is 6. The lowest BCUT2D eigenvalue weighted by atomic mass is 10.0. The van der Waals surface area contributed by atoms with E-state index in [1.165, 1.54) is 19.1 Å². The number of anilines is 1. The van der Waals surface area contributed by atoms with Crippen LogP contribution in [0.1, 0.15) is 36.5 Å². The van der Waals surface area contributed by atoms with Crippen LogP contribution in [0.2, 0.25) is 0 Å². The van der Waals surface area contributed by atoms with E-state index in [4.69, 9.17) is 0 Å². The maximum absolute atomic E-state index is 13.1. The molecule has 0 spiro atoms. The molecule has 1 atom stereocenters. The molecule has 0 aliphatic carbocycles. The summed E-state index contributed by atoms with van der Waals surface area (Å²) in [5.41, 5.74) is 0.447. The average molecular weight is 431 g/mol. The first-order valence-corrected chi connectivity index (χ1v) is 10.8.